The Morgan fingerprint density at radius 1 is 1.56 bits per heavy atom. The van der Waals surface area contributed by atoms with Crippen LogP contribution in [0.5, 0.6) is 5.75 Å². The lowest BCUT2D eigenvalue weighted by atomic mass is 10.3. The minimum absolute atomic E-state index is 0.359. The topological polar surface area (TPSA) is 64.3 Å². The number of thioether (sulfide) groups is 1. The lowest BCUT2D eigenvalue weighted by Crippen LogP contribution is -2.32. The molecule has 1 heterocycles. The second kappa shape index (κ2) is 5.79. The summed E-state index contributed by atoms with van der Waals surface area (Å²) in [5.74, 6) is 2.66. The number of hydrogen-bond donors (Lipinski definition) is 1. The van der Waals surface area contributed by atoms with Crippen molar-refractivity contribution >= 4 is 23.4 Å². The number of hydrogen-bond acceptors (Lipinski definition) is 6. The van der Waals surface area contributed by atoms with Gasteiger partial charge in [0.2, 0.25) is 5.75 Å². The van der Waals surface area contributed by atoms with E-state index in [9.17, 15) is 0 Å². The number of nitrogens with zero attached hydrogens (tertiary/aromatic N) is 3. The zero-order chi connectivity index (χ0) is 12.1. The van der Waals surface area contributed by atoms with E-state index in [4.69, 9.17) is 10.5 Å². The second-order valence-corrected chi connectivity index (χ2v) is 4.44. The first-order valence-electron chi connectivity index (χ1n) is 4.98. The Hall–Kier alpha value is -1.17. The molecule has 1 aromatic rings. The number of methoxy groups -OCH3 is 1. The van der Waals surface area contributed by atoms with E-state index in [1.54, 1.807) is 18.9 Å². The van der Waals surface area contributed by atoms with Gasteiger partial charge in [-0.3, -0.25) is 0 Å². The highest BCUT2D eigenvalue weighted by molar-refractivity contribution is 7.98. The van der Waals surface area contributed by atoms with Crippen LogP contribution in [0.15, 0.2) is 6.33 Å². The predicted molar refractivity (Wildman–Crippen MR) is 69.2 cm³/mol. The molecule has 0 aromatic carbocycles. The van der Waals surface area contributed by atoms with Crippen LogP contribution in [0, 0.1) is 0 Å². The number of aromatic nitrogens is 2. The molecular formula is C10H18N4OS. The third-order valence-electron chi connectivity index (χ3n) is 2.42. The Kier molecular flexibility index (Phi) is 4.67. The number of rotatable bonds is 5. The molecule has 1 rings (SSSR count). The first-order chi connectivity index (χ1) is 7.61. The molecule has 0 aliphatic rings. The van der Waals surface area contributed by atoms with Gasteiger partial charge in [-0.1, -0.05) is 0 Å². The fourth-order valence-corrected chi connectivity index (χ4v) is 2.09. The lowest BCUT2D eigenvalue weighted by molar-refractivity contribution is 0.412. The minimum atomic E-state index is 0.359. The Balaban J connectivity index is 2.98. The van der Waals surface area contributed by atoms with Gasteiger partial charge < -0.3 is 15.4 Å². The number of anilines is 2. The molecular weight excluding hydrogens is 224 g/mol. The first kappa shape index (κ1) is 12.9. The van der Waals surface area contributed by atoms with Gasteiger partial charge >= 0.3 is 0 Å². The van der Waals surface area contributed by atoms with Gasteiger partial charge in [0, 0.05) is 18.8 Å². The van der Waals surface area contributed by atoms with Gasteiger partial charge in [-0.05, 0) is 13.2 Å². The van der Waals surface area contributed by atoms with E-state index in [2.05, 4.69) is 23.1 Å². The molecule has 1 unspecified atom stereocenters. The summed E-state index contributed by atoms with van der Waals surface area (Å²) in [6.07, 6.45) is 3.53. The third-order valence-corrected chi connectivity index (χ3v) is 3.24. The molecule has 2 N–H and O–H groups in total. The Bertz CT molecular complexity index is 348. The van der Waals surface area contributed by atoms with Crippen LogP contribution in [0.4, 0.5) is 11.6 Å². The Morgan fingerprint density at radius 3 is 2.81 bits per heavy atom. The van der Waals surface area contributed by atoms with Crippen LogP contribution >= 0.6 is 11.8 Å². The standard InChI is InChI=1S/C10H18N4OS/c1-7(5-16-4)14(2)10-8(15-3)9(11)12-6-13-10/h6-7H,5H2,1-4H3,(H2,11,12,13). The van der Waals surface area contributed by atoms with Gasteiger partial charge in [-0.15, -0.1) is 0 Å². The maximum absolute atomic E-state index is 5.74. The van der Waals surface area contributed by atoms with Crippen LogP contribution in [-0.4, -0.2) is 42.2 Å². The third kappa shape index (κ3) is 2.69. The van der Waals surface area contributed by atoms with Gasteiger partial charge in [0.1, 0.15) is 6.33 Å². The highest BCUT2D eigenvalue weighted by Crippen LogP contribution is 2.30. The Morgan fingerprint density at radius 2 is 2.25 bits per heavy atom. The SMILES string of the molecule is COc1c(N)ncnc1N(C)C(C)CSC. The van der Waals surface area contributed by atoms with Gasteiger partial charge in [0.25, 0.3) is 0 Å². The fraction of sp³-hybridized carbons (Fsp3) is 0.600. The summed E-state index contributed by atoms with van der Waals surface area (Å²) in [5.41, 5.74) is 5.74. The van der Waals surface area contributed by atoms with Crippen molar-refractivity contribution in [3.63, 3.8) is 0 Å². The highest BCUT2D eigenvalue weighted by Gasteiger charge is 2.17. The number of nitrogen functional groups attached to an aromatic ring is 1. The van der Waals surface area contributed by atoms with Crippen LogP contribution < -0.4 is 15.4 Å². The molecule has 90 valence electrons. The van der Waals surface area contributed by atoms with Crippen molar-refractivity contribution in [3.8, 4) is 5.75 Å². The zero-order valence-corrected chi connectivity index (χ0v) is 10.9. The molecule has 0 aliphatic heterocycles. The summed E-state index contributed by atoms with van der Waals surface area (Å²) >= 11 is 1.79. The van der Waals surface area contributed by atoms with Crippen LogP contribution in [-0.2, 0) is 0 Å². The maximum Gasteiger partial charge on any atom is 0.204 e. The molecule has 0 fully saturated rings. The number of ether oxygens (including phenoxy) is 1. The molecule has 6 heteroatoms. The molecule has 16 heavy (non-hydrogen) atoms. The van der Waals surface area contributed by atoms with E-state index in [0.29, 0.717) is 17.6 Å². The van der Waals surface area contributed by atoms with E-state index < -0.39 is 0 Å². The molecule has 5 nitrogen and oxygen atoms in total. The van der Waals surface area contributed by atoms with Gasteiger partial charge in [-0.25, -0.2) is 9.97 Å². The predicted octanol–water partition coefficient (Wildman–Crippen LogP) is 1.26. The van der Waals surface area contributed by atoms with Gasteiger partial charge in [0.15, 0.2) is 11.6 Å². The molecule has 0 amide bonds. The summed E-state index contributed by atoms with van der Waals surface area (Å²) < 4.78 is 5.23. The van der Waals surface area contributed by atoms with Crippen LogP contribution in [0.1, 0.15) is 6.92 Å². The average molecular weight is 242 g/mol. The quantitative estimate of drug-likeness (QED) is 0.838. The van der Waals surface area contributed by atoms with Crippen molar-refractivity contribution in [2.45, 2.75) is 13.0 Å². The molecule has 0 aliphatic carbocycles. The Labute approximate surface area is 100 Å². The highest BCUT2D eigenvalue weighted by atomic mass is 32.2. The van der Waals surface area contributed by atoms with Crippen molar-refractivity contribution in [1.29, 1.82) is 0 Å². The molecule has 0 radical (unpaired) electrons. The zero-order valence-electron chi connectivity index (χ0n) is 10.1. The van der Waals surface area contributed by atoms with E-state index in [1.807, 2.05) is 11.9 Å². The van der Waals surface area contributed by atoms with E-state index in [-0.39, 0.29) is 0 Å². The molecule has 0 spiro atoms. The summed E-state index contributed by atoms with van der Waals surface area (Å²) in [5, 5.41) is 0. The van der Waals surface area contributed by atoms with Crippen molar-refractivity contribution in [2.75, 3.05) is 36.8 Å². The van der Waals surface area contributed by atoms with E-state index >= 15 is 0 Å². The van der Waals surface area contributed by atoms with Crippen molar-refractivity contribution in [2.24, 2.45) is 0 Å². The molecule has 0 saturated carbocycles. The van der Waals surface area contributed by atoms with Crippen LogP contribution in [0.2, 0.25) is 0 Å². The molecule has 0 bridgehead atoms. The van der Waals surface area contributed by atoms with Gasteiger partial charge in [-0.2, -0.15) is 11.8 Å². The summed E-state index contributed by atoms with van der Waals surface area (Å²) in [6.45, 7) is 2.13. The summed E-state index contributed by atoms with van der Waals surface area (Å²) in [4.78, 5) is 10.2. The smallest absolute Gasteiger partial charge is 0.204 e. The average Bonchev–Trinajstić information content (AvgIpc) is 2.28. The normalized spacial score (nSPS) is 12.2. The van der Waals surface area contributed by atoms with Crippen molar-refractivity contribution < 1.29 is 4.74 Å². The summed E-state index contributed by atoms with van der Waals surface area (Å²) in [6, 6.07) is 0.359. The second-order valence-electron chi connectivity index (χ2n) is 3.53. The van der Waals surface area contributed by atoms with Gasteiger partial charge in [0.05, 0.1) is 7.11 Å². The summed E-state index contributed by atoms with van der Waals surface area (Å²) in [7, 11) is 3.55. The van der Waals surface area contributed by atoms with Crippen molar-refractivity contribution in [1.82, 2.24) is 9.97 Å². The van der Waals surface area contributed by atoms with E-state index in [1.165, 1.54) is 6.33 Å². The van der Waals surface area contributed by atoms with E-state index in [0.717, 1.165) is 11.6 Å². The van der Waals surface area contributed by atoms with Crippen molar-refractivity contribution in [3.05, 3.63) is 6.33 Å². The lowest BCUT2D eigenvalue weighted by Gasteiger charge is -2.26. The largest absolute Gasteiger partial charge is 0.490 e. The van der Waals surface area contributed by atoms with Crippen LogP contribution in [0.3, 0.4) is 0 Å². The van der Waals surface area contributed by atoms with Crippen LogP contribution in [0.25, 0.3) is 0 Å². The molecule has 1 atom stereocenters. The molecule has 1 aromatic heterocycles. The first-order valence-corrected chi connectivity index (χ1v) is 6.37. The molecule has 0 saturated heterocycles. The monoisotopic (exact) mass is 242 g/mol. The minimum Gasteiger partial charge on any atom is -0.490 e. The maximum atomic E-state index is 5.74. The number of nitrogens with two attached hydrogens (primary N) is 1. The fourth-order valence-electron chi connectivity index (χ4n) is 1.39.